The van der Waals surface area contributed by atoms with Crippen molar-refractivity contribution in [2.75, 3.05) is 6.61 Å². The molecule has 0 saturated heterocycles. The number of aldehydes is 1. The highest BCUT2D eigenvalue weighted by Crippen LogP contribution is 2.05. The Bertz CT molecular complexity index is 348. The van der Waals surface area contributed by atoms with Gasteiger partial charge in [0.05, 0.1) is 0 Å². The molecule has 1 aromatic carbocycles. The van der Waals surface area contributed by atoms with Crippen molar-refractivity contribution in [3.63, 3.8) is 0 Å². The first-order valence-electron chi connectivity index (χ1n) is 5.53. The van der Waals surface area contributed by atoms with Gasteiger partial charge in [0.15, 0.2) is 6.10 Å². The van der Waals surface area contributed by atoms with Crippen molar-refractivity contribution in [2.45, 2.75) is 26.1 Å². The fourth-order valence-corrected chi connectivity index (χ4v) is 1.34. The summed E-state index contributed by atoms with van der Waals surface area (Å²) in [7, 11) is 0. The van der Waals surface area contributed by atoms with Gasteiger partial charge in [-0.25, -0.2) is 4.79 Å². The van der Waals surface area contributed by atoms with E-state index in [-0.39, 0.29) is 13.0 Å². The van der Waals surface area contributed by atoms with Gasteiger partial charge in [-0.15, -0.1) is 0 Å². The minimum absolute atomic E-state index is 0.0292. The number of benzene rings is 1. The Morgan fingerprint density at radius 1 is 1.35 bits per heavy atom. The molecule has 1 unspecified atom stereocenters. The molecule has 92 valence electrons. The van der Waals surface area contributed by atoms with Gasteiger partial charge in [0.2, 0.25) is 0 Å². The molecule has 4 heteroatoms. The van der Waals surface area contributed by atoms with Crippen molar-refractivity contribution < 1.29 is 19.1 Å². The lowest BCUT2D eigenvalue weighted by Gasteiger charge is -2.13. The maximum Gasteiger partial charge on any atom is 0.336 e. The molecule has 0 amide bonds. The molecule has 17 heavy (non-hydrogen) atoms. The Labute approximate surface area is 101 Å². The molecule has 0 saturated carbocycles. The molecule has 0 bridgehead atoms. The number of hydrogen-bond donors (Lipinski definition) is 0. The second kappa shape index (κ2) is 7.57. The van der Waals surface area contributed by atoms with Crippen molar-refractivity contribution in [1.29, 1.82) is 0 Å². The Balaban J connectivity index is 2.44. The van der Waals surface area contributed by atoms with E-state index in [1.165, 1.54) is 0 Å². The van der Waals surface area contributed by atoms with Crippen LogP contribution in [0.25, 0.3) is 0 Å². The molecule has 4 nitrogen and oxygen atoms in total. The summed E-state index contributed by atoms with van der Waals surface area (Å²) < 4.78 is 10.2. The molecule has 1 rings (SSSR count). The molecule has 0 heterocycles. The van der Waals surface area contributed by atoms with E-state index in [1.54, 1.807) is 6.92 Å². The average Bonchev–Trinajstić information content (AvgIpc) is 2.37. The Morgan fingerprint density at radius 3 is 2.65 bits per heavy atom. The van der Waals surface area contributed by atoms with Gasteiger partial charge in [-0.2, -0.15) is 0 Å². The van der Waals surface area contributed by atoms with Gasteiger partial charge in [0.1, 0.15) is 12.9 Å². The lowest BCUT2D eigenvalue weighted by atomic mass is 10.2. The summed E-state index contributed by atoms with van der Waals surface area (Å²) in [6.45, 7) is 2.34. The first-order chi connectivity index (χ1) is 8.27. The summed E-state index contributed by atoms with van der Waals surface area (Å²) in [4.78, 5) is 22.0. The van der Waals surface area contributed by atoms with Crippen LogP contribution in [0.4, 0.5) is 0 Å². The third-order valence-electron chi connectivity index (χ3n) is 2.16. The van der Waals surface area contributed by atoms with E-state index < -0.39 is 12.1 Å². The van der Waals surface area contributed by atoms with Crippen LogP contribution < -0.4 is 0 Å². The summed E-state index contributed by atoms with van der Waals surface area (Å²) in [5.41, 5.74) is 0.905. The summed E-state index contributed by atoms with van der Waals surface area (Å²) in [5, 5.41) is 0. The van der Waals surface area contributed by atoms with Crippen molar-refractivity contribution in [2.24, 2.45) is 0 Å². The Hall–Kier alpha value is -1.68. The molecule has 1 atom stereocenters. The minimum atomic E-state index is -0.791. The van der Waals surface area contributed by atoms with E-state index in [4.69, 9.17) is 9.47 Å². The zero-order chi connectivity index (χ0) is 12.5. The standard InChI is InChI=1S/C13H16O4/c1-2-16-12(8-9-14)13(15)17-10-11-6-4-3-5-7-11/h3-7,9,12H,2,8,10H2,1H3. The molecule has 0 aliphatic carbocycles. The first-order valence-corrected chi connectivity index (χ1v) is 5.53. The summed E-state index contributed by atoms with van der Waals surface area (Å²) >= 11 is 0. The highest BCUT2D eigenvalue weighted by atomic mass is 16.6. The molecule has 0 aliphatic rings. The quantitative estimate of drug-likeness (QED) is 0.534. The van der Waals surface area contributed by atoms with E-state index in [0.29, 0.717) is 12.9 Å². The number of rotatable bonds is 7. The summed E-state index contributed by atoms with van der Waals surface area (Å²) in [6, 6.07) is 9.36. The van der Waals surface area contributed by atoms with E-state index in [0.717, 1.165) is 5.56 Å². The molecule has 1 aromatic rings. The highest BCUT2D eigenvalue weighted by Gasteiger charge is 2.19. The van der Waals surface area contributed by atoms with Crippen LogP contribution in [0.1, 0.15) is 18.9 Å². The molecule has 0 spiro atoms. The highest BCUT2D eigenvalue weighted by molar-refractivity contribution is 5.77. The van der Waals surface area contributed by atoms with Gasteiger partial charge < -0.3 is 14.3 Å². The normalized spacial score (nSPS) is 11.8. The Morgan fingerprint density at radius 2 is 2.06 bits per heavy atom. The van der Waals surface area contributed by atoms with Crippen molar-refractivity contribution in [1.82, 2.24) is 0 Å². The lowest BCUT2D eigenvalue weighted by Crippen LogP contribution is -2.27. The third kappa shape index (κ3) is 4.78. The topological polar surface area (TPSA) is 52.6 Å². The number of carbonyl (C=O) groups is 2. The van der Waals surface area contributed by atoms with Gasteiger partial charge in [0.25, 0.3) is 0 Å². The zero-order valence-corrected chi connectivity index (χ0v) is 9.80. The third-order valence-corrected chi connectivity index (χ3v) is 2.16. The molecular formula is C13H16O4. The molecule has 0 radical (unpaired) electrons. The van der Waals surface area contributed by atoms with Crippen molar-refractivity contribution in [3.05, 3.63) is 35.9 Å². The van der Waals surface area contributed by atoms with Crippen LogP contribution in [0.5, 0.6) is 0 Å². The van der Waals surface area contributed by atoms with Crippen LogP contribution in [0.2, 0.25) is 0 Å². The number of esters is 1. The fourth-order valence-electron chi connectivity index (χ4n) is 1.34. The molecule has 0 fully saturated rings. The van der Waals surface area contributed by atoms with Crippen molar-refractivity contribution >= 4 is 12.3 Å². The van der Waals surface area contributed by atoms with Crippen LogP contribution >= 0.6 is 0 Å². The van der Waals surface area contributed by atoms with Gasteiger partial charge in [-0.05, 0) is 12.5 Å². The second-order valence-corrected chi connectivity index (χ2v) is 3.44. The zero-order valence-electron chi connectivity index (χ0n) is 9.80. The minimum Gasteiger partial charge on any atom is -0.459 e. The predicted octanol–water partition coefficient (Wildman–Crippen LogP) is 1.72. The van der Waals surface area contributed by atoms with Crippen LogP contribution in [0, 0.1) is 0 Å². The maximum absolute atomic E-state index is 11.6. The molecule has 0 aromatic heterocycles. The van der Waals surface area contributed by atoms with Crippen LogP contribution in [0.3, 0.4) is 0 Å². The van der Waals surface area contributed by atoms with E-state index in [2.05, 4.69) is 0 Å². The van der Waals surface area contributed by atoms with Gasteiger partial charge in [-0.1, -0.05) is 30.3 Å². The predicted molar refractivity (Wildman–Crippen MR) is 62.3 cm³/mol. The number of hydrogen-bond acceptors (Lipinski definition) is 4. The average molecular weight is 236 g/mol. The summed E-state index contributed by atoms with van der Waals surface area (Å²) in [5.74, 6) is -0.497. The monoisotopic (exact) mass is 236 g/mol. The van der Waals surface area contributed by atoms with Gasteiger partial charge in [0, 0.05) is 13.0 Å². The molecule has 0 aliphatic heterocycles. The van der Waals surface area contributed by atoms with E-state index in [1.807, 2.05) is 30.3 Å². The first kappa shape index (κ1) is 13.4. The van der Waals surface area contributed by atoms with Crippen LogP contribution in [-0.4, -0.2) is 25.0 Å². The van der Waals surface area contributed by atoms with E-state index in [9.17, 15) is 9.59 Å². The van der Waals surface area contributed by atoms with Crippen LogP contribution in [-0.2, 0) is 25.7 Å². The largest absolute Gasteiger partial charge is 0.459 e. The summed E-state index contributed by atoms with van der Waals surface area (Å²) in [6.07, 6.45) is -0.104. The molecule has 0 N–H and O–H groups in total. The number of ether oxygens (including phenoxy) is 2. The fraction of sp³-hybridized carbons (Fsp3) is 0.385. The van der Waals surface area contributed by atoms with E-state index >= 15 is 0 Å². The lowest BCUT2D eigenvalue weighted by molar-refractivity contribution is -0.159. The smallest absolute Gasteiger partial charge is 0.336 e. The Kier molecular flexibility index (Phi) is 5.96. The maximum atomic E-state index is 11.6. The second-order valence-electron chi connectivity index (χ2n) is 3.44. The number of carbonyl (C=O) groups excluding carboxylic acids is 2. The van der Waals surface area contributed by atoms with Crippen LogP contribution in [0.15, 0.2) is 30.3 Å². The van der Waals surface area contributed by atoms with Crippen molar-refractivity contribution in [3.8, 4) is 0 Å². The van der Waals surface area contributed by atoms with Gasteiger partial charge >= 0.3 is 5.97 Å². The van der Waals surface area contributed by atoms with Gasteiger partial charge in [-0.3, -0.25) is 0 Å². The SMILES string of the molecule is CCOC(CC=O)C(=O)OCc1ccccc1. The molecular weight excluding hydrogens is 220 g/mol.